The summed E-state index contributed by atoms with van der Waals surface area (Å²) in [5.41, 5.74) is 3.09. The molecule has 2 heterocycles. The molecule has 1 aliphatic carbocycles. The summed E-state index contributed by atoms with van der Waals surface area (Å²) < 4.78 is 13.4. The van der Waals surface area contributed by atoms with Crippen LogP contribution in [0.25, 0.3) is 11.3 Å². The Morgan fingerprint density at radius 1 is 1.15 bits per heavy atom. The molecule has 2 aromatic heterocycles. The van der Waals surface area contributed by atoms with Gasteiger partial charge in [-0.3, -0.25) is 4.98 Å². The lowest BCUT2D eigenvalue weighted by Gasteiger charge is -2.18. The first-order chi connectivity index (χ1) is 13.3. The van der Waals surface area contributed by atoms with Crippen LogP contribution in [0.15, 0.2) is 53.1 Å². The maximum Gasteiger partial charge on any atom is 0.190 e. The monoisotopic (exact) mass is 381 g/mol. The van der Waals surface area contributed by atoms with Crippen LogP contribution in [0.4, 0.5) is 5.69 Å². The van der Waals surface area contributed by atoms with Gasteiger partial charge in [0.2, 0.25) is 0 Å². The molecule has 6 heteroatoms. The Morgan fingerprint density at radius 3 is 2.70 bits per heavy atom. The lowest BCUT2D eigenvalue weighted by atomic mass is 10.1. The van der Waals surface area contributed by atoms with E-state index >= 15 is 0 Å². The van der Waals surface area contributed by atoms with Gasteiger partial charge in [0.05, 0.1) is 31.8 Å². The van der Waals surface area contributed by atoms with Gasteiger partial charge in [0.15, 0.2) is 4.80 Å². The van der Waals surface area contributed by atoms with Gasteiger partial charge in [-0.1, -0.05) is 12.8 Å². The normalized spacial score (nSPS) is 15.3. The second-order valence-electron chi connectivity index (χ2n) is 6.60. The molecule has 5 nitrogen and oxygen atoms in total. The van der Waals surface area contributed by atoms with Crippen LogP contribution in [0.1, 0.15) is 31.7 Å². The second kappa shape index (κ2) is 7.96. The van der Waals surface area contributed by atoms with E-state index in [0.717, 1.165) is 33.2 Å². The van der Waals surface area contributed by atoms with E-state index in [1.807, 2.05) is 24.3 Å². The largest absolute Gasteiger partial charge is 0.497 e. The molecule has 0 atom stereocenters. The third kappa shape index (κ3) is 3.62. The van der Waals surface area contributed by atoms with Crippen LogP contribution >= 0.6 is 11.3 Å². The molecular formula is C21H23N3O2S. The number of thiazole rings is 1. The number of methoxy groups -OCH3 is 2. The SMILES string of the molecule is COc1ccc(-c2csc(=Nc3cccnc3)n2C2CCCC2)c(OC)c1. The van der Waals surface area contributed by atoms with Gasteiger partial charge in [0.25, 0.3) is 0 Å². The molecule has 3 aromatic rings. The summed E-state index contributed by atoms with van der Waals surface area (Å²) >= 11 is 1.66. The summed E-state index contributed by atoms with van der Waals surface area (Å²) in [6.07, 6.45) is 8.46. The zero-order valence-electron chi connectivity index (χ0n) is 15.6. The standard InChI is InChI=1S/C21H23N3O2S/c1-25-17-9-10-18(20(12-17)26-2)19-14-27-21(23-15-6-5-11-22-13-15)24(19)16-7-3-4-8-16/h5-6,9-14,16H,3-4,7-8H2,1-2H3. The Balaban J connectivity index is 1.88. The molecule has 0 N–H and O–H groups in total. The quantitative estimate of drug-likeness (QED) is 0.626. The number of hydrogen-bond donors (Lipinski definition) is 0. The van der Waals surface area contributed by atoms with E-state index in [-0.39, 0.29) is 0 Å². The number of nitrogens with zero attached hydrogens (tertiary/aromatic N) is 3. The molecule has 0 bridgehead atoms. The summed E-state index contributed by atoms with van der Waals surface area (Å²) in [7, 11) is 3.37. The number of pyridine rings is 1. The molecule has 1 aromatic carbocycles. The fourth-order valence-electron chi connectivity index (χ4n) is 3.65. The van der Waals surface area contributed by atoms with Crippen molar-refractivity contribution in [1.82, 2.24) is 9.55 Å². The van der Waals surface area contributed by atoms with E-state index in [2.05, 4.69) is 21.0 Å². The van der Waals surface area contributed by atoms with Crippen LogP contribution in [-0.2, 0) is 0 Å². The molecule has 0 radical (unpaired) electrons. The van der Waals surface area contributed by atoms with E-state index in [1.165, 1.54) is 25.7 Å². The summed E-state index contributed by atoms with van der Waals surface area (Å²) in [5.74, 6) is 1.60. The molecule has 27 heavy (non-hydrogen) atoms. The number of ether oxygens (including phenoxy) is 2. The van der Waals surface area contributed by atoms with Crippen LogP contribution in [0, 0.1) is 0 Å². The highest BCUT2D eigenvalue weighted by Gasteiger charge is 2.23. The van der Waals surface area contributed by atoms with Crippen molar-refractivity contribution in [2.75, 3.05) is 14.2 Å². The van der Waals surface area contributed by atoms with E-state index in [0.29, 0.717) is 6.04 Å². The first-order valence-corrected chi connectivity index (χ1v) is 10.1. The van der Waals surface area contributed by atoms with Crippen LogP contribution in [-0.4, -0.2) is 23.8 Å². The zero-order valence-corrected chi connectivity index (χ0v) is 16.4. The van der Waals surface area contributed by atoms with Crippen molar-refractivity contribution in [3.05, 3.63) is 52.9 Å². The summed E-state index contributed by atoms with van der Waals surface area (Å²) in [5, 5.41) is 2.18. The summed E-state index contributed by atoms with van der Waals surface area (Å²) in [6, 6.07) is 10.3. The smallest absolute Gasteiger partial charge is 0.190 e. The van der Waals surface area contributed by atoms with Gasteiger partial charge in [-0.15, -0.1) is 11.3 Å². The Morgan fingerprint density at radius 2 is 2.00 bits per heavy atom. The minimum atomic E-state index is 0.466. The lowest BCUT2D eigenvalue weighted by Crippen LogP contribution is -2.20. The lowest BCUT2D eigenvalue weighted by molar-refractivity contribution is 0.395. The molecule has 0 aliphatic heterocycles. The van der Waals surface area contributed by atoms with Crippen molar-refractivity contribution in [1.29, 1.82) is 0 Å². The van der Waals surface area contributed by atoms with Crippen molar-refractivity contribution in [2.45, 2.75) is 31.7 Å². The molecule has 1 saturated carbocycles. The average Bonchev–Trinajstić information content (AvgIpc) is 3.38. The van der Waals surface area contributed by atoms with Crippen molar-refractivity contribution < 1.29 is 9.47 Å². The fraction of sp³-hybridized carbons (Fsp3) is 0.333. The minimum absolute atomic E-state index is 0.466. The Labute approximate surface area is 163 Å². The van der Waals surface area contributed by atoms with Crippen LogP contribution in [0.2, 0.25) is 0 Å². The van der Waals surface area contributed by atoms with Gasteiger partial charge in [0.1, 0.15) is 11.5 Å². The highest BCUT2D eigenvalue weighted by molar-refractivity contribution is 7.07. The van der Waals surface area contributed by atoms with Gasteiger partial charge >= 0.3 is 0 Å². The second-order valence-corrected chi connectivity index (χ2v) is 7.44. The van der Waals surface area contributed by atoms with E-state index in [1.54, 1.807) is 38.0 Å². The van der Waals surface area contributed by atoms with E-state index in [4.69, 9.17) is 14.5 Å². The van der Waals surface area contributed by atoms with Crippen LogP contribution in [0.5, 0.6) is 11.5 Å². The maximum absolute atomic E-state index is 5.66. The van der Waals surface area contributed by atoms with Crippen LogP contribution < -0.4 is 14.3 Å². The van der Waals surface area contributed by atoms with Gasteiger partial charge in [0, 0.05) is 29.2 Å². The predicted molar refractivity (Wildman–Crippen MR) is 108 cm³/mol. The molecule has 4 rings (SSSR count). The Bertz CT molecular complexity index is 973. The Hall–Kier alpha value is -2.60. The molecule has 0 amide bonds. The average molecular weight is 382 g/mol. The molecule has 140 valence electrons. The van der Waals surface area contributed by atoms with Crippen molar-refractivity contribution in [3.8, 4) is 22.8 Å². The summed E-state index contributed by atoms with van der Waals surface area (Å²) in [4.78, 5) is 10.1. The Kier molecular flexibility index (Phi) is 5.25. The van der Waals surface area contributed by atoms with Gasteiger partial charge in [-0.2, -0.15) is 0 Å². The molecule has 1 aliphatic rings. The highest BCUT2D eigenvalue weighted by Crippen LogP contribution is 2.38. The summed E-state index contributed by atoms with van der Waals surface area (Å²) in [6.45, 7) is 0. The van der Waals surface area contributed by atoms with Crippen molar-refractivity contribution in [3.63, 3.8) is 0 Å². The number of aromatic nitrogens is 2. The number of benzene rings is 1. The minimum Gasteiger partial charge on any atom is -0.497 e. The molecule has 0 saturated heterocycles. The topological polar surface area (TPSA) is 48.6 Å². The van der Waals surface area contributed by atoms with E-state index < -0.39 is 0 Å². The zero-order chi connectivity index (χ0) is 18.6. The van der Waals surface area contributed by atoms with Crippen molar-refractivity contribution >= 4 is 17.0 Å². The number of rotatable bonds is 5. The first-order valence-electron chi connectivity index (χ1n) is 9.17. The third-order valence-electron chi connectivity index (χ3n) is 4.99. The van der Waals surface area contributed by atoms with Crippen LogP contribution in [0.3, 0.4) is 0 Å². The fourth-order valence-corrected chi connectivity index (χ4v) is 4.63. The molecule has 0 unspecified atom stereocenters. The maximum atomic E-state index is 5.66. The van der Waals surface area contributed by atoms with Gasteiger partial charge in [-0.25, -0.2) is 4.99 Å². The predicted octanol–water partition coefficient (Wildman–Crippen LogP) is 4.98. The van der Waals surface area contributed by atoms with Crippen molar-refractivity contribution in [2.24, 2.45) is 4.99 Å². The van der Waals surface area contributed by atoms with Gasteiger partial charge in [-0.05, 0) is 37.1 Å². The highest BCUT2D eigenvalue weighted by atomic mass is 32.1. The number of hydrogen-bond acceptors (Lipinski definition) is 5. The van der Waals surface area contributed by atoms with Gasteiger partial charge < -0.3 is 14.0 Å². The molecule has 0 spiro atoms. The van der Waals surface area contributed by atoms with E-state index in [9.17, 15) is 0 Å². The molecular weight excluding hydrogens is 358 g/mol. The first kappa shape index (κ1) is 17.8. The third-order valence-corrected chi connectivity index (χ3v) is 5.83. The molecule has 1 fully saturated rings.